The van der Waals surface area contributed by atoms with Gasteiger partial charge >= 0.3 is 0 Å². The lowest BCUT2D eigenvalue weighted by atomic mass is 9.84. The van der Waals surface area contributed by atoms with E-state index in [0.717, 1.165) is 34.5 Å². The van der Waals surface area contributed by atoms with Crippen molar-refractivity contribution in [2.75, 3.05) is 20.2 Å². The summed E-state index contributed by atoms with van der Waals surface area (Å²) in [7, 11) is 1.90. The molecule has 0 aliphatic carbocycles. The minimum Gasteiger partial charge on any atom is -0.492 e. The van der Waals surface area contributed by atoms with Crippen LogP contribution in [0.4, 0.5) is 0 Å². The van der Waals surface area contributed by atoms with Crippen LogP contribution in [-0.2, 0) is 12.1 Å². The summed E-state index contributed by atoms with van der Waals surface area (Å²) in [6, 6.07) is 15.6. The van der Waals surface area contributed by atoms with Crippen LogP contribution in [0, 0.1) is 0 Å². The first kappa shape index (κ1) is 21.8. The van der Waals surface area contributed by atoms with Crippen LogP contribution in [-0.4, -0.2) is 34.9 Å². The molecular weight excluding hydrogens is 374 g/mol. The van der Waals surface area contributed by atoms with Crippen molar-refractivity contribution in [3.8, 4) is 5.75 Å². The minimum absolute atomic E-state index is 0.590. The van der Waals surface area contributed by atoms with E-state index in [2.05, 4.69) is 16.8 Å². The van der Waals surface area contributed by atoms with Gasteiger partial charge in [0.05, 0.1) is 11.0 Å². The lowest BCUT2D eigenvalue weighted by molar-refractivity contribution is 0.111. The molecule has 5 heteroatoms. The highest BCUT2D eigenvalue weighted by Gasteiger charge is 2.39. The Balaban J connectivity index is 2.22. The van der Waals surface area contributed by atoms with Gasteiger partial charge < -0.3 is 19.7 Å². The van der Waals surface area contributed by atoms with Crippen LogP contribution in [0.2, 0.25) is 0 Å². The number of aliphatic hydroxyl groups is 1. The van der Waals surface area contributed by atoms with Gasteiger partial charge in [0.1, 0.15) is 12.4 Å². The van der Waals surface area contributed by atoms with E-state index in [9.17, 15) is 5.11 Å². The van der Waals surface area contributed by atoms with E-state index >= 15 is 0 Å². The van der Waals surface area contributed by atoms with E-state index in [1.54, 1.807) is 0 Å². The van der Waals surface area contributed by atoms with Crippen LogP contribution in [0.3, 0.4) is 0 Å². The van der Waals surface area contributed by atoms with E-state index in [1.165, 1.54) is 0 Å². The van der Waals surface area contributed by atoms with Gasteiger partial charge in [-0.2, -0.15) is 0 Å². The van der Waals surface area contributed by atoms with Crippen molar-refractivity contribution in [1.82, 2.24) is 14.9 Å². The van der Waals surface area contributed by atoms with Crippen molar-refractivity contribution in [1.29, 1.82) is 0 Å². The molecule has 30 heavy (non-hydrogen) atoms. The summed E-state index contributed by atoms with van der Waals surface area (Å²) in [6.45, 7) is 8.00. The molecule has 2 N–H and O–H groups in total. The first-order valence-corrected chi connectivity index (χ1v) is 10.5. The van der Waals surface area contributed by atoms with Crippen molar-refractivity contribution >= 4 is 11.0 Å². The van der Waals surface area contributed by atoms with Gasteiger partial charge in [-0.1, -0.05) is 48.6 Å². The van der Waals surface area contributed by atoms with E-state index in [-0.39, 0.29) is 0 Å². The lowest BCUT2D eigenvalue weighted by Crippen LogP contribution is -2.33. The molecule has 1 heterocycles. The SMILES string of the molecule is CC=CC(=CC)C(O)(c1ccccc1)c1nc2ccc(OCCNC)cc2n1CC. The van der Waals surface area contributed by atoms with Gasteiger partial charge in [-0.05, 0) is 51.1 Å². The molecule has 158 valence electrons. The topological polar surface area (TPSA) is 59.3 Å². The smallest absolute Gasteiger partial charge is 0.172 e. The van der Waals surface area contributed by atoms with Crippen molar-refractivity contribution in [3.05, 3.63) is 83.7 Å². The quantitative estimate of drug-likeness (QED) is 0.409. The van der Waals surface area contributed by atoms with Gasteiger partial charge in [-0.25, -0.2) is 4.98 Å². The molecule has 1 atom stereocenters. The zero-order valence-corrected chi connectivity index (χ0v) is 18.2. The summed E-state index contributed by atoms with van der Waals surface area (Å²) in [5.41, 5.74) is 1.97. The Morgan fingerprint density at radius 1 is 1.20 bits per heavy atom. The summed E-state index contributed by atoms with van der Waals surface area (Å²) < 4.78 is 7.92. The Hall–Kier alpha value is -2.89. The number of aromatic nitrogens is 2. The highest BCUT2D eigenvalue weighted by Crippen LogP contribution is 2.39. The second-order valence-electron chi connectivity index (χ2n) is 7.10. The number of rotatable bonds is 9. The molecule has 0 amide bonds. The standard InChI is InChI=1S/C25H31N3O2/c1-5-11-19(6-2)25(29,20-12-9-8-10-13-20)24-27-22-15-14-21(30-17-16-26-4)18-23(22)28(24)7-3/h5-6,8-15,18,26,29H,7,16-17H2,1-4H3. The van der Waals surface area contributed by atoms with Crippen molar-refractivity contribution in [3.63, 3.8) is 0 Å². The largest absolute Gasteiger partial charge is 0.492 e. The molecule has 0 saturated heterocycles. The third-order valence-electron chi connectivity index (χ3n) is 5.25. The van der Waals surface area contributed by atoms with E-state index in [4.69, 9.17) is 9.72 Å². The summed E-state index contributed by atoms with van der Waals surface area (Å²) in [4.78, 5) is 4.89. The molecule has 3 rings (SSSR count). The maximum absolute atomic E-state index is 12.2. The third kappa shape index (κ3) is 4.04. The van der Waals surface area contributed by atoms with E-state index in [1.807, 2.05) is 87.7 Å². The summed E-state index contributed by atoms with van der Waals surface area (Å²) in [5.74, 6) is 1.40. The number of imidazole rings is 1. The molecular formula is C25H31N3O2. The number of ether oxygens (including phenoxy) is 1. The molecule has 0 aliphatic heterocycles. The van der Waals surface area contributed by atoms with Crippen LogP contribution >= 0.6 is 0 Å². The van der Waals surface area contributed by atoms with Crippen LogP contribution in [0.5, 0.6) is 5.75 Å². The molecule has 0 aliphatic rings. The van der Waals surface area contributed by atoms with E-state index in [0.29, 0.717) is 19.0 Å². The first-order chi connectivity index (χ1) is 14.6. The second-order valence-corrected chi connectivity index (χ2v) is 7.10. The average Bonchev–Trinajstić information content (AvgIpc) is 3.16. The first-order valence-electron chi connectivity index (χ1n) is 10.5. The fourth-order valence-electron chi connectivity index (χ4n) is 3.77. The maximum atomic E-state index is 12.2. The number of allylic oxidation sites excluding steroid dienone is 2. The molecule has 0 spiro atoms. The number of hydrogen-bond acceptors (Lipinski definition) is 4. The number of nitrogens with zero attached hydrogens (tertiary/aromatic N) is 2. The fraction of sp³-hybridized carbons (Fsp3) is 0.320. The van der Waals surface area contributed by atoms with Gasteiger partial charge in [0, 0.05) is 19.2 Å². The Morgan fingerprint density at radius 2 is 1.97 bits per heavy atom. The van der Waals surface area contributed by atoms with E-state index < -0.39 is 5.60 Å². The molecule has 5 nitrogen and oxygen atoms in total. The molecule has 0 fully saturated rings. The zero-order valence-electron chi connectivity index (χ0n) is 18.2. The van der Waals surface area contributed by atoms with Gasteiger partial charge in [0.2, 0.25) is 0 Å². The molecule has 3 aromatic rings. The molecule has 1 unspecified atom stereocenters. The number of nitrogens with one attached hydrogen (secondary N) is 1. The monoisotopic (exact) mass is 405 g/mol. The molecule has 0 radical (unpaired) electrons. The molecule has 1 aromatic heterocycles. The number of benzene rings is 2. The average molecular weight is 406 g/mol. The normalized spacial score (nSPS) is 14.4. The van der Waals surface area contributed by atoms with Crippen LogP contribution in [0.15, 0.2) is 72.3 Å². The summed E-state index contributed by atoms with van der Waals surface area (Å²) in [6.07, 6.45) is 5.83. The van der Waals surface area contributed by atoms with Crippen molar-refractivity contribution in [2.24, 2.45) is 0 Å². The Bertz CT molecular complexity index is 1040. The third-order valence-corrected chi connectivity index (χ3v) is 5.25. The lowest BCUT2D eigenvalue weighted by Gasteiger charge is -2.30. The predicted molar refractivity (Wildman–Crippen MR) is 123 cm³/mol. The maximum Gasteiger partial charge on any atom is 0.172 e. The van der Waals surface area contributed by atoms with Crippen LogP contribution in [0.1, 0.15) is 32.2 Å². The fourth-order valence-corrected chi connectivity index (χ4v) is 3.77. The zero-order chi connectivity index (χ0) is 21.6. The van der Waals surface area contributed by atoms with Crippen LogP contribution in [0.25, 0.3) is 11.0 Å². The number of fused-ring (bicyclic) bond motifs is 1. The molecule has 2 aromatic carbocycles. The Labute approximate surface area is 178 Å². The highest BCUT2D eigenvalue weighted by atomic mass is 16.5. The number of hydrogen-bond donors (Lipinski definition) is 2. The van der Waals surface area contributed by atoms with Gasteiger partial charge in [0.25, 0.3) is 0 Å². The second kappa shape index (κ2) is 9.74. The highest BCUT2D eigenvalue weighted by molar-refractivity contribution is 5.78. The van der Waals surface area contributed by atoms with Gasteiger partial charge in [-0.15, -0.1) is 0 Å². The number of likely N-dealkylation sites (N-methyl/N-ethyl adjacent to an activating group) is 1. The Kier molecular flexibility index (Phi) is 7.08. The van der Waals surface area contributed by atoms with Gasteiger partial charge in [-0.3, -0.25) is 0 Å². The van der Waals surface area contributed by atoms with Crippen molar-refractivity contribution < 1.29 is 9.84 Å². The minimum atomic E-state index is -1.37. The van der Waals surface area contributed by atoms with Crippen molar-refractivity contribution in [2.45, 2.75) is 32.9 Å². The molecule has 0 saturated carbocycles. The Morgan fingerprint density at radius 3 is 2.60 bits per heavy atom. The number of aryl methyl sites for hydroxylation is 1. The molecule has 0 bridgehead atoms. The predicted octanol–water partition coefficient (Wildman–Crippen LogP) is 4.41. The summed E-state index contributed by atoms with van der Waals surface area (Å²) >= 11 is 0. The summed E-state index contributed by atoms with van der Waals surface area (Å²) in [5, 5.41) is 15.2. The van der Waals surface area contributed by atoms with Gasteiger partial charge in [0.15, 0.2) is 11.4 Å². The van der Waals surface area contributed by atoms with Crippen LogP contribution < -0.4 is 10.1 Å².